The first kappa shape index (κ1) is 13.2. The van der Waals surface area contributed by atoms with Crippen LogP contribution in [-0.4, -0.2) is 18.1 Å². The number of nitrogens with two attached hydrogens (primary N) is 1. The Balaban J connectivity index is 3.32. The molecule has 1 rings (SSSR count). The number of alkyl halides is 2. The van der Waals surface area contributed by atoms with Crippen molar-refractivity contribution in [2.75, 3.05) is 7.11 Å². The maximum atomic E-state index is 12.6. The highest BCUT2D eigenvalue weighted by atomic mass is 127. The molecule has 7 heteroatoms. The first-order valence-electron chi connectivity index (χ1n) is 4.27. The summed E-state index contributed by atoms with van der Waals surface area (Å²) in [6.07, 6.45) is -2.64. The van der Waals surface area contributed by atoms with Crippen molar-refractivity contribution in [2.24, 2.45) is 5.73 Å². The lowest BCUT2D eigenvalue weighted by atomic mass is 10.1. The van der Waals surface area contributed by atoms with E-state index in [4.69, 9.17) is 5.73 Å². The lowest BCUT2D eigenvalue weighted by Gasteiger charge is -2.09. The molecule has 2 N–H and O–H groups in total. The van der Waals surface area contributed by atoms with E-state index < -0.39 is 12.4 Å². The van der Waals surface area contributed by atoms with Gasteiger partial charge in [-0.25, -0.2) is 18.6 Å². The molecular formula is C9H9F2IN2O2. The third kappa shape index (κ3) is 2.64. The van der Waals surface area contributed by atoms with Gasteiger partial charge in [0.25, 0.3) is 6.43 Å². The molecule has 4 nitrogen and oxygen atoms in total. The van der Waals surface area contributed by atoms with Gasteiger partial charge in [-0.2, -0.15) is 0 Å². The second-order valence-electron chi connectivity index (χ2n) is 2.87. The van der Waals surface area contributed by atoms with E-state index in [9.17, 15) is 13.6 Å². The predicted octanol–water partition coefficient (Wildman–Crippen LogP) is 1.87. The number of hydrogen-bond donors (Lipinski definition) is 1. The number of rotatable bonds is 3. The number of halogens is 3. The average molecular weight is 342 g/mol. The van der Waals surface area contributed by atoms with Gasteiger partial charge in [0.05, 0.1) is 12.7 Å². The molecule has 0 aliphatic carbocycles. The Labute approximate surface area is 104 Å². The molecule has 0 aromatic carbocycles. The van der Waals surface area contributed by atoms with Crippen LogP contribution in [0.5, 0.6) is 0 Å². The zero-order valence-corrected chi connectivity index (χ0v) is 10.5. The second-order valence-corrected chi connectivity index (χ2v) is 3.89. The Kier molecular flexibility index (Phi) is 4.54. The lowest BCUT2D eigenvalue weighted by Crippen LogP contribution is -2.14. The minimum absolute atomic E-state index is 0.0150. The summed E-state index contributed by atoms with van der Waals surface area (Å²) in [5.41, 5.74) is 5.38. The van der Waals surface area contributed by atoms with Crippen LogP contribution in [0, 0.1) is 3.70 Å². The van der Waals surface area contributed by atoms with E-state index in [1.807, 2.05) is 0 Å². The Hall–Kier alpha value is -0.830. The van der Waals surface area contributed by atoms with Crippen molar-refractivity contribution < 1.29 is 18.3 Å². The Morgan fingerprint density at radius 3 is 2.75 bits per heavy atom. The first-order valence-corrected chi connectivity index (χ1v) is 5.35. The fourth-order valence-corrected chi connectivity index (χ4v) is 1.76. The molecule has 1 aromatic heterocycles. The van der Waals surface area contributed by atoms with Crippen LogP contribution in [0.25, 0.3) is 0 Å². The van der Waals surface area contributed by atoms with E-state index >= 15 is 0 Å². The number of pyridine rings is 1. The normalized spacial score (nSPS) is 10.6. The number of carbonyl (C=O) groups is 1. The Morgan fingerprint density at radius 2 is 2.31 bits per heavy atom. The van der Waals surface area contributed by atoms with Gasteiger partial charge in [-0.05, 0) is 34.2 Å². The monoisotopic (exact) mass is 342 g/mol. The molecule has 0 bridgehead atoms. The van der Waals surface area contributed by atoms with Crippen LogP contribution in [0.1, 0.15) is 28.0 Å². The number of carbonyl (C=O) groups excluding carboxylic acids is 1. The molecule has 0 amide bonds. The minimum Gasteiger partial charge on any atom is -0.464 e. The van der Waals surface area contributed by atoms with Crippen molar-refractivity contribution >= 4 is 28.6 Å². The van der Waals surface area contributed by atoms with E-state index in [0.29, 0.717) is 0 Å². The van der Waals surface area contributed by atoms with Crippen molar-refractivity contribution in [2.45, 2.75) is 13.0 Å². The molecule has 0 aliphatic heterocycles. The number of esters is 1. The van der Waals surface area contributed by atoms with E-state index in [1.165, 1.54) is 13.2 Å². The van der Waals surface area contributed by atoms with Crippen LogP contribution in [0.15, 0.2) is 6.07 Å². The molecule has 0 atom stereocenters. The fourth-order valence-electron chi connectivity index (χ4n) is 1.13. The fraction of sp³-hybridized carbons (Fsp3) is 0.333. The number of nitrogens with zero attached hydrogens (tertiary/aromatic N) is 1. The Bertz CT molecular complexity index is 413. The first-order chi connectivity index (χ1) is 7.51. The minimum atomic E-state index is -2.64. The topological polar surface area (TPSA) is 65.2 Å². The maximum Gasteiger partial charge on any atom is 0.357 e. The van der Waals surface area contributed by atoms with Crippen molar-refractivity contribution in [3.63, 3.8) is 0 Å². The number of hydrogen-bond acceptors (Lipinski definition) is 4. The number of ether oxygens (including phenoxy) is 1. The maximum absolute atomic E-state index is 12.6. The molecule has 0 unspecified atom stereocenters. The summed E-state index contributed by atoms with van der Waals surface area (Å²) in [5.74, 6) is -0.681. The van der Waals surface area contributed by atoms with Crippen LogP contribution in [0.2, 0.25) is 0 Å². The molecule has 0 saturated carbocycles. The van der Waals surface area contributed by atoms with E-state index in [1.54, 1.807) is 22.6 Å². The van der Waals surface area contributed by atoms with Gasteiger partial charge in [-0.1, -0.05) is 0 Å². The molecule has 0 aliphatic rings. The zero-order chi connectivity index (χ0) is 12.3. The summed E-state index contributed by atoms with van der Waals surface area (Å²) in [6.45, 7) is -0.0475. The van der Waals surface area contributed by atoms with Gasteiger partial charge in [0, 0.05) is 6.54 Å². The molecule has 0 spiro atoms. The SMILES string of the molecule is COC(=O)c1nc(I)c(C(F)F)cc1CN. The van der Waals surface area contributed by atoms with E-state index in [2.05, 4.69) is 9.72 Å². The highest BCUT2D eigenvalue weighted by Crippen LogP contribution is 2.25. The molecule has 88 valence electrons. The molecule has 1 heterocycles. The average Bonchev–Trinajstić information content (AvgIpc) is 2.27. The summed E-state index contributed by atoms with van der Waals surface area (Å²) in [7, 11) is 1.19. The van der Waals surface area contributed by atoms with Crippen LogP contribution >= 0.6 is 22.6 Å². The number of methoxy groups -OCH3 is 1. The van der Waals surface area contributed by atoms with E-state index in [-0.39, 0.29) is 27.1 Å². The molecular weight excluding hydrogens is 333 g/mol. The standard InChI is InChI=1S/C9H9F2IN2O2/c1-16-9(15)6-4(3-13)2-5(7(10)11)8(12)14-6/h2,7H,3,13H2,1H3. The molecule has 1 aromatic rings. The second kappa shape index (κ2) is 5.48. The molecule has 0 radical (unpaired) electrons. The highest BCUT2D eigenvalue weighted by molar-refractivity contribution is 14.1. The largest absolute Gasteiger partial charge is 0.464 e. The van der Waals surface area contributed by atoms with Crippen LogP contribution in [-0.2, 0) is 11.3 Å². The predicted molar refractivity (Wildman–Crippen MR) is 61.1 cm³/mol. The van der Waals surface area contributed by atoms with Gasteiger partial charge in [-0.3, -0.25) is 0 Å². The van der Waals surface area contributed by atoms with Gasteiger partial charge < -0.3 is 10.5 Å². The van der Waals surface area contributed by atoms with Gasteiger partial charge in [0.15, 0.2) is 5.69 Å². The third-order valence-electron chi connectivity index (χ3n) is 1.92. The molecule has 16 heavy (non-hydrogen) atoms. The van der Waals surface area contributed by atoms with Gasteiger partial charge in [0.1, 0.15) is 3.70 Å². The van der Waals surface area contributed by atoms with Crippen LogP contribution in [0.4, 0.5) is 8.78 Å². The molecule has 0 saturated heterocycles. The summed E-state index contributed by atoms with van der Waals surface area (Å²) >= 11 is 1.64. The summed E-state index contributed by atoms with van der Waals surface area (Å²) < 4.78 is 29.7. The van der Waals surface area contributed by atoms with Gasteiger partial charge in [-0.15, -0.1) is 0 Å². The van der Waals surface area contributed by atoms with Gasteiger partial charge >= 0.3 is 5.97 Å². The summed E-state index contributed by atoms with van der Waals surface area (Å²) in [6, 6.07) is 1.19. The van der Waals surface area contributed by atoms with Gasteiger partial charge in [0.2, 0.25) is 0 Å². The summed E-state index contributed by atoms with van der Waals surface area (Å²) in [4.78, 5) is 15.1. The third-order valence-corrected chi connectivity index (χ3v) is 2.78. The lowest BCUT2D eigenvalue weighted by molar-refractivity contribution is 0.0591. The number of aromatic nitrogens is 1. The van der Waals surface area contributed by atoms with Crippen molar-refractivity contribution in [3.8, 4) is 0 Å². The summed E-state index contributed by atoms with van der Waals surface area (Å²) in [5, 5.41) is 0. The smallest absolute Gasteiger partial charge is 0.357 e. The van der Waals surface area contributed by atoms with E-state index in [0.717, 1.165) is 0 Å². The van der Waals surface area contributed by atoms with Crippen molar-refractivity contribution in [1.82, 2.24) is 4.98 Å². The molecule has 0 fully saturated rings. The van der Waals surface area contributed by atoms with Crippen molar-refractivity contribution in [1.29, 1.82) is 0 Å². The van der Waals surface area contributed by atoms with Crippen LogP contribution in [0.3, 0.4) is 0 Å². The highest BCUT2D eigenvalue weighted by Gasteiger charge is 2.20. The Morgan fingerprint density at radius 1 is 1.69 bits per heavy atom. The zero-order valence-electron chi connectivity index (χ0n) is 8.34. The quantitative estimate of drug-likeness (QED) is 0.518. The van der Waals surface area contributed by atoms with Crippen LogP contribution < -0.4 is 5.73 Å². The van der Waals surface area contributed by atoms with Crippen molar-refractivity contribution in [3.05, 3.63) is 26.6 Å².